The first-order valence-electron chi connectivity index (χ1n) is 6.64. The monoisotopic (exact) mass is 274 g/mol. The third-order valence-corrected chi connectivity index (χ3v) is 3.66. The van der Waals surface area contributed by atoms with Crippen LogP contribution in [0, 0.1) is 4.91 Å². The molecule has 1 aromatic carbocycles. The van der Waals surface area contributed by atoms with Crippen molar-refractivity contribution < 1.29 is 14.7 Å². The lowest BCUT2D eigenvalue weighted by atomic mass is 10.1. The molecule has 1 aliphatic heterocycles. The minimum absolute atomic E-state index is 0.145. The molecule has 0 amide bonds. The number of fused-ring (bicyclic) bond motifs is 1. The summed E-state index contributed by atoms with van der Waals surface area (Å²) in [5.41, 5.74) is 1.48. The summed E-state index contributed by atoms with van der Waals surface area (Å²) in [7, 11) is 0. The molecule has 6 nitrogen and oxygen atoms in total. The normalized spacial score (nSPS) is 16.4. The maximum atomic E-state index is 11.0. The van der Waals surface area contributed by atoms with E-state index in [2.05, 4.69) is 10.2 Å². The van der Waals surface area contributed by atoms with Crippen LogP contribution < -0.4 is 4.90 Å². The zero-order valence-electron chi connectivity index (χ0n) is 11.0. The Morgan fingerprint density at radius 3 is 2.95 bits per heavy atom. The third-order valence-electron chi connectivity index (χ3n) is 3.66. The molecule has 1 aromatic heterocycles. The van der Waals surface area contributed by atoms with Crippen LogP contribution in [0.4, 0.5) is 5.69 Å². The van der Waals surface area contributed by atoms with Crippen molar-refractivity contribution in [1.82, 2.24) is 4.98 Å². The molecule has 3 rings (SSSR count). The Hall–Kier alpha value is -2.05. The van der Waals surface area contributed by atoms with Gasteiger partial charge in [-0.1, -0.05) is 0 Å². The zero-order chi connectivity index (χ0) is 13.9. The van der Waals surface area contributed by atoms with E-state index in [1.54, 1.807) is 24.4 Å². The van der Waals surface area contributed by atoms with E-state index in [9.17, 15) is 10.0 Å². The standard InChI is InChI=1S/C14H15N3O3/c18-14-10(9-17-4-6-20-7-5-17)8-12(16-19)11-2-1-3-15-13(11)14/h1-3,8,18H,4-7,9H2/p+1. The van der Waals surface area contributed by atoms with Crippen LogP contribution in [0.3, 0.4) is 0 Å². The van der Waals surface area contributed by atoms with Gasteiger partial charge >= 0.3 is 0 Å². The molecule has 2 N–H and O–H groups in total. The number of hydrogen-bond donors (Lipinski definition) is 2. The summed E-state index contributed by atoms with van der Waals surface area (Å²) >= 11 is 0. The molecule has 2 heterocycles. The lowest BCUT2D eigenvalue weighted by molar-refractivity contribution is -0.921. The number of morpholine rings is 1. The number of nitrogens with one attached hydrogen (secondary N) is 1. The first-order chi connectivity index (χ1) is 9.79. The molecule has 6 heteroatoms. The summed E-state index contributed by atoms with van der Waals surface area (Å²) in [6.07, 6.45) is 1.60. The number of rotatable bonds is 3. The molecule has 2 aromatic rings. The Morgan fingerprint density at radius 1 is 1.40 bits per heavy atom. The number of quaternary nitrogens is 1. The number of ether oxygens (including phenoxy) is 1. The van der Waals surface area contributed by atoms with Crippen LogP contribution in [0.25, 0.3) is 10.9 Å². The first kappa shape index (κ1) is 13.0. The van der Waals surface area contributed by atoms with E-state index in [0.29, 0.717) is 28.7 Å². The number of aromatic nitrogens is 1. The van der Waals surface area contributed by atoms with Crippen LogP contribution in [0.15, 0.2) is 29.6 Å². The van der Waals surface area contributed by atoms with Crippen molar-refractivity contribution in [2.75, 3.05) is 26.3 Å². The fourth-order valence-corrected chi connectivity index (χ4v) is 2.58. The molecular formula is C14H16N3O3+. The minimum Gasteiger partial charge on any atom is -0.505 e. The van der Waals surface area contributed by atoms with Gasteiger partial charge in [0.25, 0.3) is 0 Å². The van der Waals surface area contributed by atoms with Crippen molar-refractivity contribution in [2.24, 2.45) is 5.18 Å². The van der Waals surface area contributed by atoms with Crippen molar-refractivity contribution >= 4 is 16.6 Å². The molecule has 0 unspecified atom stereocenters. The quantitative estimate of drug-likeness (QED) is 0.810. The van der Waals surface area contributed by atoms with E-state index in [1.807, 2.05) is 0 Å². The molecule has 1 saturated heterocycles. The highest BCUT2D eigenvalue weighted by atomic mass is 16.5. The first-order valence-corrected chi connectivity index (χ1v) is 6.64. The van der Waals surface area contributed by atoms with Gasteiger partial charge in [0, 0.05) is 11.6 Å². The van der Waals surface area contributed by atoms with E-state index >= 15 is 0 Å². The van der Waals surface area contributed by atoms with Gasteiger partial charge in [-0.25, -0.2) is 0 Å². The van der Waals surface area contributed by atoms with Crippen molar-refractivity contribution in [2.45, 2.75) is 6.54 Å². The largest absolute Gasteiger partial charge is 0.505 e. The molecule has 1 fully saturated rings. The molecule has 0 spiro atoms. The van der Waals surface area contributed by atoms with Crippen molar-refractivity contribution in [3.8, 4) is 5.75 Å². The topological polar surface area (TPSA) is 76.2 Å². The van der Waals surface area contributed by atoms with E-state index in [1.165, 1.54) is 4.90 Å². The molecule has 20 heavy (non-hydrogen) atoms. The average molecular weight is 274 g/mol. The lowest BCUT2D eigenvalue weighted by Crippen LogP contribution is -3.12. The van der Waals surface area contributed by atoms with Crippen molar-refractivity contribution in [3.05, 3.63) is 34.9 Å². The average Bonchev–Trinajstić information content (AvgIpc) is 2.51. The summed E-state index contributed by atoms with van der Waals surface area (Å²) in [5.74, 6) is 0.145. The Labute approximate surface area is 116 Å². The fraction of sp³-hybridized carbons (Fsp3) is 0.357. The smallest absolute Gasteiger partial charge is 0.150 e. The molecule has 0 atom stereocenters. The van der Waals surface area contributed by atoms with Crippen molar-refractivity contribution in [1.29, 1.82) is 0 Å². The van der Waals surface area contributed by atoms with Crippen LogP contribution >= 0.6 is 0 Å². The van der Waals surface area contributed by atoms with Gasteiger partial charge in [0.15, 0.2) is 5.75 Å². The maximum absolute atomic E-state index is 11.0. The van der Waals surface area contributed by atoms with Gasteiger partial charge < -0.3 is 14.7 Å². The molecule has 0 aliphatic carbocycles. The van der Waals surface area contributed by atoms with Gasteiger partial charge in [-0.15, -0.1) is 4.91 Å². The Morgan fingerprint density at radius 2 is 2.20 bits per heavy atom. The highest BCUT2D eigenvalue weighted by molar-refractivity contribution is 5.94. The van der Waals surface area contributed by atoms with Gasteiger partial charge in [-0.05, 0) is 23.4 Å². The number of nitrogens with zero attached hydrogens (tertiary/aromatic N) is 2. The van der Waals surface area contributed by atoms with E-state index < -0.39 is 0 Å². The molecule has 0 radical (unpaired) electrons. The molecular weight excluding hydrogens is 258 g/mol. The number of hydrogen-bond acceptors (Lipinski definition) is 5. The fourth-order valence-electron chi connectivity index (χ4n) is 2.58. The SMILES string of the molecule is O=Nc1cc(C[NH+]2CCOCC2)c(O)c2ncccc12. The predicted molar refractivity (Wildman–Crippen MR) is 74.1 cm³/mol. The molecule has 0 bridgehead atoms. The Kier molecular flexibility index (Phi) is 3.58. The Bertz CT molecular complexity index is 639. The summed E-state index contributed by atoms with van der Waals surface area (Å²) in [6.45, 7) is 3.87. The van der Waals surface area contributed by atoms with Gasteiger partial charge in [-0.2, -0.15) is 0 Å². The predicted octanol–water partition coefficient (Wildman–Crippen LogP) is 0.753. The van der Waals surface area contributed by atoms with E-state index in [4.69, 9.17) is 4.74 Å². The lowest BCUT2D eigenvalue weighted by Gasteiger charge is -2.24. The number of phenols is 1. The highest BCUT2D eigenvalue weighted by Gasteiger charge is 2.19. The van der Waals surface area contributed by atoms with Gasteiger partial charge in [0.2, 0.25) is 0 Å². The third kappa shape index (κ3) is 2.35. The number of pyridine rings is 1. The molecule has 1 aliphatic rings. The second kappa shape index (κ2) is 5.52. The summed E-state index contributed by atoms with van der Waals surface area (Å²) in [4.78, 5) is 16.5. The van der Waals surface area contributed by atoms with Crippen LogP contribution in [0.5, 0.6) is 5.75 Å². The van der Waals surface area contributed by atoms with Gasteiger partial charge in [-0.3, -0.25) is 4.98 Å². The second-order valence-corrected chi connectivity index (χ2v) is 4.93. The highest BCUT2D eigenvalue weighted by Crippen LogP contribution is 2.34. The summed E-state index contributed by atoms with van der Waals surface area (Å²) in [6, 6.07) is 5.13. The van der Waals surface area contributed by atoms with Gasteiger partial charge in [0.05, 0.1) is 18.8 Å². The summed E-state index contributed by atoms with van der Waals surface area (Å²) < 4.78 is 5.32. The van der Waals surface area contributed by atoms with Gasteiger partial charge in [0.1, 0.15) is 30.8 Å². The van der Waals surface area contributed by atoms with Crippen LogP contribution in [0.1, 0.15) is 5.56 Å². The van der Waals surface area contributed by atoms with E-state index in [-0.39, 0.29) is 5.75 Å². The molecule has 0 saturated carbocycles. The van der Waals surface area contributed by atoms with Crippen molar-refractivity contribution in [3.63, 3.8) is 0 Å². The number of aromatic hydroxyl groups is 1. The zero-order valence-corrected chi connectivity index (χ0v) is 11.0. The number of phenolic OH excluding ortho intramolecular Hbond substituents is 1. The van der Waals surface area contributed by atoms with Crippen LogP contribution in [0.2, 0.25) is 0 Å². The summed E-state index contributed by atoms with van der Waals surface area (Å²) in [5, 5.41) is 14.0. The maximum Gasteiger partial charge on any atom is 0.150 e. The Balaban J connectivity index is 2.01. The van der Waals surface area contributed by atoms with E-state index in [0.717, 1.165) is 26.3 Å². The number of nitroso groups, excluding NO2 is 1. The second-order valence-electron chi connectivity index (χ2n) is 4.93. The number of benzene rings is 1. The minimum atomic E-state index is 0.145. The van der Waals surface area contributed by atoms with Crippen LogP contribution in [-0.4, -0.2) is 36.4 Å². The molecule has 104 valence electrons. The van der Waals surface area contributed by atoms with Crippen LogP contribution in [-0.2, 0) is 11.3 Å².